The molecule has 0 spiro atoms. The number of Topliss-reactive ketones (excluding diaryl/α,β-unsaturated/α-hetero) is 1. The fourth-order valence-corrected chi connectivity index (χ4v) is 1.44. The standard InChI is InChI=1S/C12H10ClNO3/c1-7(13)11(15)10-5-8(6-14)3-4-9(10)12(16)17-2/h3-5,7H,1-2H3. The van der Waals surface area contributed by atoms with E-state index in [0.717, 1.165) is 0 Å². The van der Waals surface area contributed by atoms with Gasteiger partial charge in [0.05, 0.1) is 29.7 Å². The van der Waals surface area contributed by atoms with Crippen molar-refractivity contribution in [3.8, 4) is 6.07 Å². The van der Waals surface area contributed by atoms with Crippen LogP contribution in [0, 0.1) is 11.3 Å². The number of alkyl halides is 1. The normalized spacial score (nSPS) is 11.4. The zero-order chi connectivity index (χ0) is 13.0. The van der Waals surface area contributed by atoms with Crippen LogP contribution in [-0.2, 0) is 4.74 Å². The Morgan fingerprint density at radius 2 is 2.06 bits per heavy atom. The highest BCUT2D eigenvalue weighted by molar-refractivity contribution is 6.34. The first-order valence-electron chi connectivity index (χ1n) is 4.82. The van der Waals surface area contributed by atoms with Gasteiger partial charge >= 0.3 is 5.97 Å². The molecule has 0 heterocycles. The Balaban J connectivity index is 3.37. The number of hydrogen-bond donors (Lipinski definition) is 0. The van der Waals surface area contributed by atoms with Crippen molar-refractivity contribution in [2.24, 2.45) is 0 Å². The molecule has 1 aromatic rings. The van der Waals surface area contributed by atoms with Gasteiger partial charge in [0, 0.05) is 5.56 Å². The quantitative estimate of drug-likeness (QED) is 0.469. The summed E-state index contributed by atoms with van der Waals surface area (Å²) >= 11 is 5.69. The second-order valence-corrected chi connectivity index (χ2v) is 4.00. The number of benzene rings is 1. The van der Waals surface area contributed by atoms with E-state index in [1.807, 2.05) is 6.07 Å². The van der Waals surface area contributed by atoms with Gasteiger partial charge in [-0.1, -0.05) is 0 Å². The van der Waals surface area contributed by atoms with Gasteiger partial charge in [-0.2, -0.15) is 5.26 Å². The van der Waals surface area contributed by atoms with Gasteiger partial charge in [-0.15, -0.1) is 11.6 Å². The fourth-order valence-electron chi connectivity index (χ4n) is 1.32. The van der Waals surface area contributed by atoms with Crippen LogP contribution in [-0.4, -0.2) is 24.2 Å². The van der Waals surface area contributed by atoms with Crippen molar-refractivity contribution in [3.05, 3.63) is 34.9 Å². The summed E-state index contributed by atoms with van der Waals surface area (Å²) < 4.78 is 4.56. The van der Waals surface area contributed by atoms with E-state index in [4.69, 9.17) is 16.9 Å². The lowest BCUT2D eigenvalue weighted by atomic mass is 9.99. The summed E-state index contributed by atoms with van der Waals surface area (Å²) in [5.41, 5.74) is 0.515. The Kier molecular flexibility index (Phi) is 4.24. The largest absolute Gasteiger partial charge is 0.465 e. The molecule has 0 fully saturated rings. The molecule has 0 saturated carbocycles. The van der Waals surface area contributed by atoms with Gasteiger partial charge < -0.3 is 4.74 Å². The molecule has 0 aromatic heterocycles. The highest BCUT2D eigenvalue weighted by atomic mass is 35.5. The monoisotopic (exact) mass is 251 g/mol. The van der Waals surface area contributed by atoms with Crippen LogP contribution in [0.4, 0.5) is 0 Å². The molecule has 17 heavy (non-hydrogen) atoms. The van der Waals surface area contributed by atoms with Gasteiger partial charge in [-0.25, -0.2) is 4.79 Å². The molecule has 0 radical (unpaired) electrons. The first-order valence-corrected chi connectivity index (χ1v) is 5.25. The number of halogens is 1. The van der Waals surface area contributed by atoms with Gasteiger partial charge in [-0.05, 0) is 25.1 Å². The van der Waals surface area contributed by atoms with Crippen LogP contribution in [0.15, 0.2) is 18.2 Å². The highest BCUT2D eigenvalue weighted by Gasteiger charge is 2.21. The van der Waals surface area contributed by atoms with Crippen LogP contribution in [0.25, 0.3) is 0 Å². The van der Waals surface area contributed by atoms with Crippen LogP contribution >= 0.6 is 11.6 Å². The number of carbonyl (C=O) groups excluding carboxylic acids is 2. The topological polar surface area (TPSA) is 67.2 Å². The van der Waals surface area contributed by atoms with Crippen LogP contribution in [0.1, 0.15) is 33.2 Å². The van der Waals surface area contributed by atoms with Crippen molar-refractivity contribution in [3.63, 3.8) is 0 Å². The van der Waals surface area contributed by atoms with Crippen LogP contribution < -0.4 is 0 Å². The van der Waals surface area contributed by atoms with E-state index >= 15 is 0 Å². The van der Waals surface area contributed by atoms with Crippen molar-refractivity contribution in [2.75, 3.05) is 7.11 Å². The maximum absolute atomic E-state index is 11.8. The third-order valence-electron chi connectivity index (χ3n) is 2.18. The smallest absolute Gasteiger partial charge is 0.338 e. The summed E-state index contributed by atoms with van der Waals surface area (Å²) in [7, 11) is 1.22. The minimum absolute atomic E-state index is 0.110. The summed E-state index contributed by atoms with van der Waals surface area (Å²) in [5, 5.41) is 7.99. The molecule has 0 aliphatic heterocycles. The Hall–Kier alpha value is -1.86. The Bertz CT molecular complexity index is 503. The molecular weight excluding hydrogens is 242 g/mol. The SMILES string of the molecule is COC(=O)c1ccc(C#N)cc1C(=O)C(C)Cl. The number of nitrogens with zero attached hydrogens (tertiary/aromatic N) is 1. The van der Waals surface area contributed by atoms with Gasteiger partial charge in [0.25, 0.3) is 0 Å². The molecular formula is C12H10ClNO3. The number of carbonyl (C=O) groups is 2. The summed E-state index contributed by atoms with van der Waals surface area (Å²) in [5.74, 6) is -1.04. The van der Waals surface area contributed by atoms with E-state index in [1.54, 1.807) is 0 Å². The minimum atomic E-state index is -0.771. The third-order valence-corrected chi connectivity index (χ3v) is 2.38. The van der Waals surface area contributed by atoms with Crippen molar-refractivity contribution in [2.45, 2.75) is 12.3 Å². The van der Waals surface area contributed by atoms with Crippen molar-refractivity contribution in [1.29, 1.82) is 5.26 Å². The third kappa shape index (κ3) is 2.83. The second-order valence-electron chi connectivity index (χ2n) is 3.34. The summed E-state index contributed by atoms with van der Waals surface area (Å²) in [4.78, 5) is 23.3. The molecule has 0 saturated heterocycles. The maximum atomic E-state index is 11.8. The van der Waals surface area contributed by atoms with Gasteiger partial charge in [0.15, 0.2) is 5.78 Å². The van der Waals surface area contributed by atoms with Gasteiger partial charge in [0.1, 0.15) is 0 Å². The van der Waals surface area contributed by atoms with Crippen LogP contribution in [0.5, 0.6) is 0 Å². The zero-order valence-corrected chi connectivity index (χ0v) is 10.1. The van der Waals surface area contributed by atoms with E-state index in [1.165, 1.54) is 32.2 Å². The maximum Gasteiger partial charge on any atom is 0.338 e. The van der Waals surface area contributed by atoms with Gasteiger partial charge in [0.2, 0.25) is 0 Å². The molecule has 0 N–H and O–H groups in total. The molecule has 4 nitrogen and oxygen atoms in total. The molecule has 1 aromatic carbocycles. The predicted molar refractivity (Wildman–Crippen MR) is 62.1 cm³/mol. The van der Waals surface area contributed by atoms with E-state index in [-0.39, 0.29) is 11.1 Å². The zero-order valence-electron chi connectivity index (χ0n) is 9.36. The number of methoxy groups -OCH3 is 1. The fraction of sp³-hybridized carbons (Fsp3) is 0.250. The summed E-state index contributed by atoms with van der Waals surface area (Å²) in [6.45, 7) is 1.50. The number of nitriles is 1. The van der Waals surface area contributed by atoms with Crippen LogP contribution in [0.2, 0.25) is 0 Å². The van der Waals surface area contributed by atoms with E-state index in [0.29, 0.717) is 5.56 Å². The van der Waals surface area contributed by atoms with Crippen molar-refractivity contribution < 1.29 is 14.3 Å². The minimum Gasteiger partial charge on any atom is -0.465 e. The molecule has 88 valence electrons. The first kappa shape index (κ1) is 13.2. The first-order chi connectivity index (χ1) is 8.01. The van der Waals surface area contributed by atoms with Gasteiger partial charge in [-0.3, -0.25) is 4.79 Å². The summed E-state index contributed by atoms with van der Waals surface area (Å²) in [6, 6.07) is 6.07. The Morgan fingerprint density at radius 3 is 2.53 bits per heavy atom. The number of esters is 1. The van der Waals surface area contributed by atoms with E-state index in [9.17, 15) is 9.59 Å². The second kappa shape index (κ2) is 5.46. The number of rotatable bonds is 3. The number of hydrogen-bond acceptors (Lipinski definition) is 4. The molecule has 5 heteroatoms. The van der Waals surface area contributed by atoms with E-state index in [2.05, 4.69) is 4.74 Å². The lowest BCUT2D eigenvalue weighted by molar-refractivity contribution is 0.0597. The molecule has 0 aliphatic carbocycles. The Morgan fingerprint density at radius 1 is 1.41 bits per heavy atom. The Labute approximate surface area is 104 Å². The molecule has 1 unspecified atom stereocenters. The predicted octanol–water partition coefficient (Wildman–Crippen LogP) is 2.15. The van der Waals surface area contributed by atoms with Crippen LogP contribution in [0.3, 0.4) is 0 Å². The molecule has 1 atom stereocenters. The highest BCUT2D eigenvalue weighted by Crippen LogP contribution is 2.17. The summed E-state index contributed by atoms with van der Waals surface area (Å²) in [6.07, 6.45) is 0. The molecule has 1 rings (SSSR count). The molecule has 0 bridgehead atoms. The number of ether oxygens (including phenoxy) is 1. The number of ketones is 1. The van der Waals surface area contributed by atoms with Crippen molar-refractivity contribution in [1.82, 2.24) is 0 Å². The molecule has 0 aliphatic rings. The average Bonchev–Trinajstić information content (AvgIpc) is 2.35. The van der Waals surface area contributed by atoms with Crippen molar-refractivity contribution >= 4 is 23.4 Å². The lowest BCUT2D eigenvalue weighted by Crippen LogP contribution is -2.16. The molecule has 0 amide bonds. The average molecular weight is 252 g/mol. The van der Waals surface area contributed by atoms with E-state index < -0.39 is 17.1 Å². The lowest BCUT2D eigenvalue weighted by Gasteiger charge is -2.08.